The van der Waals surface area contributed by atoms with Crippen LogP contribution in [0.2, 0.25) is 0 Å². The first-order valence-corrected chi connectivity index (χ1v) is 9.47. The molecule has 0 amide bonds. The number of hydrogen-bond donors (Lipinski definition) is 2. The first kappa shape index (κ1) is 20.5. The van der Waals surface area contributed by atoms with E-state index in [9.17, 15) is 4.39 Å². The topological polar surface area (TPSA) is 54.9 Å². The summed E-state index contributed by atoms with van der Waals surface area (Å²) < 4.78 is 24.3. The van der Waals surface area contributed by atoms with E-state index in [1.165, 1.54) is 38.9 Å². The van der Waals surface area contributed by atoms with Crippen molar-refractivity contribution >= 4 is 5.96 Å². The highest BCUT2D eigenvalue weighted by Crippen LogP contribution is 2.40. The van der Waals surface area contributed by atoms with Crippen LogP contribution >= 0.6 is 0 Å². The summed E-state index contributed by atoms with van der Waals surface area (Å²) in [6.07, 6.45) is 6.10. The van der Waals surface area contributed by atoms with Gasteiger partial charge in [0.05, 0.1) is 7.11 Å². The summed E-state index contributed by atoms with van der Waals surface area (Å²) >= 11 is 0. The maximum Gasteiger partial charge on any atom is 0.191 e. The van der Waals surface area contributed by atoms with E-state index in [0.717, 1.165) is 37.7 Å². The summed E-state index contributed by atoms with van der Waals surface area (Å²) in [6.45, 7) is 5.01. The SMILES string of the molecule is CCOCCC1(CNC(=NC)NCc2ccc(OC)c(F)c2)CCCC1. The molecule has 1 saturated carbocycles. The summed E-state index contributed by atoms with van der Waals surface area (Å²) in [5, 5.41) is 6.71. The average molecular weight is 365 g/mol. The molecule has 0 atom stereocenters. The standard InChI is InChI=1S/C20H32FN3O2/c1-4-26-12-11-20(9-5-6-10-20)15-24-19(22-2)23-14-16-7-8-18(25-3)17(21)13-16/h7-8,13H,4-6,9-12,14-15H2,1-3H3,(H2,22,23,24). The van der Waals surface area contributed by atoms with Gasteiger partial charge in [-0.15, -0.1) is 0 Å². The molecule has 0 radical (unpaired) electrons. The molecule has 6 heteroatoms. The number of benzene rings is 1. The number of guanidine groups is 1. The zero-order chi connectivity index (χ0) is 18.8. The number of halogens is 1. The molecule has 1 aliphatic rings. The Morgan fingerprint density at radius 2 is 2.04 bits per heavy atom. The van der Waals surface area contributed by atoms with E-state index >= 15 is 0 Å². The monoisotopic (exact) mass is 365 g/mol. The Bertz CT molecular complexity index is 586. The van der Waals surface area contributed by atoms with Gasteiger partial charge in [-0.1, -0.05) is 18.9 Å². The number of aliphatic imine (C=N–C) groups is 1. The van der Waals surface area contributed by atoms with Gasteiger partial charge >= 0.3 is 0 Å². The second-order valence-corrected chi connectivity index (χ2v) is 6.90. The van der Waals surface area contributed by atoms with Gasteiger partial charge in [-0.2, -0.15) is 0 Å². The first-order chi connectivity index (χ1) is 12.6. The number of nitrogens with zero attached hydrogens (tertiary/aromatic N) is 1. The second kappa shape index (κ2) is 10.4. The van der Waals surface area contributed by atoms with E-state index in [1.54, 1.807) is 13.1 Å². The predicted octanol–water partition coefficient (Wildman–Crippen LogP) is 3.49. The minimum atomic E-state index is -0.351. The third-order valence-corrected chi connectivity index (χ3v) is 5.18. The van der Waals surface area contributed by atoms with Gasteiger partial charge in [-0.05, 0) is 49.3 Å². The minimum absolute atomic E-state index is 0.258. The Hall–Kier alpha value is -1.82. The van der Waals surface area contributed by atoms with E-state index in [4.69, 9.17) is 9.47 Å². The normalized spacial score (nSPS) is 16.5. The molecule has 2 N–H and O–H groups in total. The summed E-state index contributed by atoms with van der Waals surface area (Å²) in [5.41, 5.74) is 1.14. The Kier molecular flexibility index (Phi) is 8.16. The zero-order valence-electron chi connectivity index (χ0n) is 16.2. The lowest BCUT2D eigenvalue weighted by molar-refractivity contribution is 0.105. The zero-order valence-corrected chi connectivity index (χ0v) is 16.2. The fraction of sp³-hybridized carbons (Fsp3) is 0.650. The third-order valence-electron chi connectivity index (χ3n) is 5.18. The Morgan fingerprint density at radius 1 is 1.27 bits per heavy atom. The number of methoxy groups -OCH3 is 1. The molecule has 0 unspecified atom stereocenters. The van der Waals surface area contributed by atoms with Crippen LogP contribution in [-0.4, -0.2) is 39.9 Å². The molecule has 1 aliphatic carbocycles. The van der Waals surface area contributed by atoms with Crippen molar-refractivity contribution < 1.29 is 13.9 Å². The largest absolute Gasteiger partial charge is 0.494 e. The molecule has 0 bridgehead atoms. The van der Waals surface area contributed by atoms with Crippen molar-refractivity contribution in [1.29, 1.82) is 0 Å². The van der Waals surface area contributed by atoms with Crippen LogP contribution in [0.5, 0.6) is 5.75 Å². The summed E-state index contributed by atoms with van der Waals surface area (Å²) in [4.78, 5) is 4.29. The minimum Gasteiger partial charge on any atom is -0.494 e. The van der Waals surface area contributed by atoms with Crippen LogP contribution in [0, 0.1) is 11.2 Å². The number of ether oxygens (including phenoxy) is 2. The Balaban J connectivity index is 1.85. The van der Waals surface area contributed by atoms with Crippen LogP contribution < -0.4 is 15.4 Å². The fourth-order valence-corrected chi connectivity index (χ4v) is 3.57. The van der Waals surface area contributed by atoms with Crippen molar-refractivity contribution in [1.82, 2.24) is 10.6 Å². The van der Waals surface area contributed by atoms with Crippen molar-refractivity contribution in [2.24, 2.45) is 10.4 Å². The van der Waals surface area contributed by atoms with Crippen molar-refractivity contribution in [3.8, 4) is 5.75 Å². The van der Waals surface area contributed by atoms with Gasteiger partial charge in [0.25, 0.3) is 0 Å². The van der Waals surface area contributed by atoms with Gasteiger partial charge in [0.1, 0.15) is 0 Å². The lowest BCUT2D eigenvalue weighted by Gasteiger charge is -2.30. The van der Waals surface area contributed by atoms with Gasteiger partial charge in [-0.25, -0.2) is 4.39 Å². The van der Waals surface area contributed by atoms with Crippen molar-refractivity contribution in [2.45, 2.75) is 45.6 Å². The highest BCUT2D eigenvalue weighted by molar-refractivity contribution is 5.79. The molecule has 0 aromatic heterocycles. The molecule has 1 aromatic rings. The van der Waals surface area contributed by atoms with Crippen LogP contribution in [0.3, 0.4) is 0 Å². The smallest absolute Gasteiger partial charge is 0.191 e. The maximum atomic E-state index is 13.8. The molecule has 5 nitrogen and oxygen atoms in total. The molecular weight excluding hydrogens is 333 g/mol. The van der Waals surface area contributed by atoms with Crippen LogP contribution in [0.15, 0.2) is 23.2 Å². The van der Waals surface area contributed by atoms with Crippen LogP contribution in [-0.2, 0) is 11.3 Å². The van der Waals surface area contributed by atoms with Crippen LogP contribution in [0.25, 0.3) is 0 Å². The average Bonchev–Trinajstić information content (AvgIpc) is 3.11. The van der Waals surface area contributed by atoms with Crippen LogP contribution in [0.1, 0.15) is 44.6 Å². The number of rotatable bonds is 9. The lowest BCUT2D eigenvalue weighted by atomic mass is 9.83. The quantitative estimate of drug-likeness (QED) is 0.400. The van der Waals surface area contributed by atoms with E-state index in [0.29, 0.717) is 12.0 Å². The molecule has 0 heterocycles. The van der Waals surface area contributed by atoms with Gasteiger partial charge in [-0.3, -0.25) is 4.99 Å². The van der Waals surface area contributed by atoms with Gasteiger partial charge in [0.2, 0.25) is 0 Å². The molecule has 1 aromatic carbocycles. The maximum absolute atomic E-state index is 13.8. The van der Waals surface area contributed by atoms with E-state index < -0.39 is 0 Å². The molecule has 0 spiro atoms. The second-order valence-electron chi connectivity index (χ2n) is 6.90. The molecular formula is C20H32FN3O2. The molecule has 1 fully saturated rings. The van der Waals surface area contributed by atoms with Gasteiger partial charge in [0, 0.05) is 33.4 Å². The molecule has 0 saturated heterocycles. The van der Waals surface area contributed by atoms with Crippen LogP contribution in [0.4, 0.5) is 4.39 Å². The molecule has 26 heavy (non-hydrogen) atoms. The van der Waals surface area contributed by atoms with Crippen molar-refractivity contribution in [2.75, 3.05) is 33.9 Å². The molecule has 146 valence electrons. The highest BCUT2D eigenvalue weighted by Gasteiger charge is 2.33. The Morgan fingerprint density at radius 3 is 2.65 bits per heavy atom. The van der Waals surface area contributed by atoms with E-state index in [1.807, 2.05) is 13.0 Å². The van der Waals surface area contributed by atoms with Crippen molar-refractivity contribution in [3.05, 3.63) is 29.6 Å². The summed E-state index contributed by atoms with van der Waals surface area (Å²) in [5.74, 6) is 0.647. The van der Waals surface area contributed by atoms with Crippen molar-refractivity contribution in [3.63, 3.8) is 0 Å². The highest BCUT2D eigenvalue weighted by atomic mass is 19.1. The summed E-state index contributed by atoms with van der Waals surface area (Å²) in [7, 11) is 3.22. The third kappa shape index (κ3) is 5.87. The Labute approximate surface area is 156 Å². The molecule has 2 rings (SSSR count). The predicted molar refractivity (Wildman–Crippen MR) is 103 cm³/mol. The van der Waals surface area contributed by atoms with Gasteiger partial charge < -0.3 is 20.1 Å². The van der Waals surface area contributed by atoms with E-state index in [2.05, 4.69) is 15.6 Å². The fourth-order valence-electron chi connectivity index (χ4n) is 3.57. The summed E-state index contributed by atoms with van der Waals surface area (Å²) in [6, 6.07) is 4.98. The molecule has 0 aliphatic heterocycles. The van der Waals surface area contributed by atoms with Gasteiger partial charge in [0.15, 0.2) is 17.5 Å². The number of nitrogens with one attached hydrogen (secondary N) is 2. The van der Waals surface area contributed by atoms with E-state index in [-0.39, 0.29) is 11.6 Å². The number of hydrogen-bond acceptors (Lipinski definition) is 3. The first-order valence-electron chi connectivity index (χ1n) is 9.47. The lowest BCUT2D eigenvalue weighted by Crippen LogP contribution is -2.43.